The van der Waals surface area contributed by atoms with Crippen LogP contribution in [0.2, 0.25) is 0 Å². The molecule has 0 radical (unpaired) electrons. The van der Waals surface area contributed by atoms with Gasteiger partial charge in [-0.1, -0.05) is 30.3 Å². The van der Waals surface area contributed by atoms with Crippen LogP contribution in [-0.2, 0) is 6.42 Å². The third-order valence-corrected chi connectivity index (χ3v) is 3.25. The Kier molecular flexibility index (Phi) is 3.67. The summed E-state index contributed by atoms with van der Waals surface area (Å²) in [4.78, 5) is 13.6. The predicted molar refractivity (Wildman–Crippen MR) is 68.9 cm³/mol. The number of nitrogens with zero attached hydrogens (tertiary/aromatic N) is 1. The molecule has 17 heavy (non-hydrogen) atoms. The van der Waals surface area contributed by atoms with Gasteiger partial charge in [0.1, 0.15) is 0 Å². The second kappa shape index (κ2) is 5.21. The van der Waals surface area contributed by atoms with Crippen molar-refractivity contribution in [1.29, 1.82) is 0 Å². The molecular formula is C14H20N2O. The van der Waals surface area contributed by atoms with Crippen molar-refractivity contribution in [3.8, 4) is 0 Å². The van der Waals surface area contributed by atoms with Gasteiger partial charge in [-0.15, -0.1) is 0 Å². The Morgan fingerprint density at radius 2 is 2.06 bits per heavy atom. The second-order valence-corrected chi connectivity index (χ2v) is 4.99. The Morgan fingerprint density at radius 1 is 1.35 bits per heavy atom. The van der Waals surface area contributed by atoms with E-state index >= 15 is 0 Å². The zero-order valence-corrected chi connectivity index (χ0v) is 10.5. The van der Waals surface area contributed by atoms with Crippen molar-refractivity contribution in [1.82, 2.24) is 10.2 Å². The molecule has 92 valence electrons. The summed E-state index contributed by atoms with van der Waals surface area (Å²) >= 11 is 0. The van der Waals surface area contributed by atoms with Crippen LogP contribution in [0.3, 0.4) is 0 Å². The Balaban J connectivity index is 1.97. The molecule has 0 aliphatic carbocycles. The zero-order valence-electron chi connectivity index (χ0n) is 10.5. The van der Waals surface area contributed by atoms with E-state index in [0.29, 0.717) is 5.92 Å². The van der Waals surface area contributed by atoms with Crippen LogP contribution in [0.5, 0.6) is 0 Å². The fourth-order valence-corrected chi connectivity index (χ4v) is 2.29. The molecule has 0 saturated carbocycles. The van der Waals surface area contributed by atoms with E-state index in [9.17, 15) is 4.79 Å². The van der Waals surface area contributed by atoms with Gasteiger partial charge in [-0.05, 0) is 31.7 Å². The summed E-state index contributed by atoms with van der Waals surface area (Å²) in [5, 5.41) is 2.97. The molecule has 1 N–H and O–H groups in total. The Hall–Kier alpha value is -1.51. The molecule has 1 unspecified atom stereocenters. The molecule has 3 heteroatoms. The normalized spacial score (nSPS) is 20.5. The predicted octanol–water partition coefficient (Wildman–Crippen LogP) is 2.28. The van der Waals surface area contributed by atoms with Gasteiger partial charge >= 0.3 is 6.03 Å². The molecule has 1 aromatic rings. The van der Waals surface area contributed by atoms with E-state index in [1.54, 1.807) is 0 Å². The molecule has 1 heterocycles. The lowest BCUT2D eigenvalue weighted by molar-refractivity contribution is 0.150. The van der Waals surface area contributed by atoms with Crippen molar-refractivity contribution in [2.75, 3.05) is 13.1 Å². The van der Waals surface area contributed by atoms with Gasteiger partial charge in [-0.25, -0.2) is 4.79 Å². The molecule has 3 nitrogen and oxygen atoms in total. The van der Waals surface area contributed by atoms with Crippen molar-refractivity contribution >= 4 is 6.03 Å². The minimum absolute atomic E-state index is 0.0734. The van der Waals surface area contributed by atoms with Crippen LogP contribution in [0, 0.1) is 5.92 Å². The largest absolute Gasteiger partial charge is 0.338 e. The van der Waals surface area contributed by atoms with Crippen molar-refractivity contribution in [2.45, 2.75) is 26.3 Å². The summed E-state index contributed by atoms with van der Waals surface area (Å²) in [7, 11) is 0. The summed E-state index contributed by atoms with van der Waals surface area (Å²) < 4.78 is 0. The van der Waals surface area contributed by atoms with Crippen molar-refractivity contribution in [3.63, 3.8) is 0 Å². The third-order valence-electron chi connectivity index (χ3n) is 3.25. The Labute approximate surface area is 103 Å². The average molecular weight is 232 g/mol. The number of carbonyl (C=O) groups is 1. The van der Waals surface area contributed by atoms with Crippen LogP contribution < -0.4 is 5.32 Å². The van der Waals surface area contributed by atoms with Gasteiger partial charge in [0.15, 0.2) is 0 Å². The third kappa shape index (κ3) is 2.99. The summed E-state index contributed by atoms with van der Waals surface area (Å²) in [5.74, 6) is 0.512. The minimum Gasteiger partial charge on any atom is -0.338 e. The van der Waals surface area contributed by atoms with Crippen molar-refractivity contribution in [2.24, 2.45) is 5.92 Å². The van der Waals surface area contributed by atoms with Crippen LogP contribution in [0.15, 0.2) is 30.3 Å². The van der Waals surface area contributed by atoms with Gasteiger partial charge in [-0.2, -0.15) is 0 Å². The van der Waals surface area contributed by atoms with E-state index in [0.717, 1.165) is 19.5 Å². The van der Waals surface area contributed by atoms with Gasteiger partial charge in [0.2, 0.25) is 0 Å². The van der Waals surface area contributed by atoms with E-state index < -0.39 is 0 Å². The lowest BCUT2D eigenvalue weighted by atomic mass is 9.97. The number of nitrogens with one attached hydrogen (secondary N) is 1. The first kappa shape index (κ1) is 12.0. The molecule has 1 saturated heterocycles. The maximum Gasteiger partial charge on any atom is 0.317 e. The monoisotopic (exact) mass is 232 g/mol. The highest BCUT2D eigenvalue weighted by molar-refractivity contribution is 5.75. The van der Waals surface area contributed by atoms with Gasteiger partial charge in [0, 0.05) is 19.1 Å². The summed E-state index contributed by atoms with van der Waals surface area (Å²) in [6.45, 7) is 5.77. The summed E-state index contributed by atoms with van der Waals surface area (Å²) in [5.41, 5.74) is 1.34. The van der Waals surface area contributed by atoms with Gasteiger partial charge in [0.05, 0.1) is 0 Å². The van der Waals surface area contributed by atoms with Crippen LogP contribution in [0.25, 0.3) is 0 Å². The first-order valence-corrected chi connectivity index (χ1v) is 6.25. The topological polar surface area (TPSA) is 32.3 Å². The first-order chi connectivity index (χ1) is 8.16. The molecule has 2 amide bonds. The van der Waals surface area contributed by atoms with Gasteiger partial charge in [0.25, 0.3) is 0 Å². The van der Waals surface area contributed by atoms with E-state index in [1.807, 2.05) is 11.0 Å². The first-order valence-electron chi connectivity index (χ1n) is 6.25. The zero-order chi connectivity index (χ0) is 12.3. The number of carbonyl (C=O) groups excluding carboxylic acids is 1. The number of benzene rings is 1. The quantitative estimate of drug-likeness (QED) is 0.852. The molecule has 1 aliphatic heterocycles. The SMILES string of the molecule is CC(C)N1CC(Cc2ccccc2)CNC1=O. The van der Waals surface area contributed by atoms with Crippen LogP contribution >= 0.6 is 0 Å². The lowest BCUT2D eigenvalue weighted by Gasteiger charge is -2.36. The maximum absolute atomic E-state index is 11.6. The molecule has 1 aromatic carbocycles. The second-order valence-electron chi connectivity index (χ2n) is 4.99. The fraction of sp³-hybridized carbons (Fsp3) is 0.500. The van der Waals surface area contributed by atoms with E-state index in [4.69, 9.17) is 0 Å². The molecule has 1 aliphatic rings. The van der Waals surface area contributed by atoms with Crippen molar-refractivity contribution < 1.29 is 4.79 Å². The standard InChI is InChI=1S/C14H20N2O/c1-11(2)16-10-13(9-15-14(16)17)8-12-6-4-3-5-7-12/h3-7,11,13H,8-10H2,1-2H3,(H,15,17). The molecule has 0 aromatic heterocycles. The Bertz CT molecular complexity index is 375. The highest BCUT2D eigenvalue weighted by atomic mass is 16.2. The van der Waals surface area contributed by atoms with E-state index in [2.05, 4.69) is 43.4 Å². The molecule has 1 fully saturated rings. The van der Waals surface area contributed by atoms with Gasteiger partial charge < -0.3 is 10.2 Å². The smallest absolute Gasteiger partial charge is 0.317 e. The van der Waals surface area contributed by atoms with Gasteiger partial charge in [-0.3, -0.25) is 0 Å². The highest BCUT2D eigenvalue weighted by Crippen LogP contribution is 2.15. The molecule has 0 bridgehead atoms. The fourth-order valence-electron chi connectivity index (χ4n) is 2.29. The lowest BCUT2D eigenvalue weighted by Crippen LogP contribution is -2.54. The number of amides is 2. The van der Waals surface area contributed by atoms with Crippen LogP contribution in [0.1, 0.15) is 19.4 Å². The number of hydrogen-bond donors (Lipinski definition) is 1. The Morgan fingerprint density at radius 3 is 2.71 bits per heavy atom. The number of rotatable bonds is 3. The summed E-state index contributed by atoms with van der Waals surface area (Å²) in [6.07, 6.45) is 1.03. The number of urea groups is 1. The molecule has 1 atom stereocenters. The minimum atomic E-state index is 0.0734. The van der Waals surface area contributed by atoms with Crippen LogP contribution in [0.4, 0.5) is 4.79 Å². The van der Waals surface area contributed by atoms with Crippen molar-refractivity contribution in [3.05, 3.63) is 35.9 Å². The highest BCUT2D eigenvalue weighted by Gasteiger charge is 2.26. The summed E-state index contributed by atoms with van der Waals surface area (Å²) in [6, 6.07) is 10.8. The molecule has 0 spiro atoms. The number of hydrogen-bond acceptors (Lipinski definition) is 1. The molecular weight excluding hydrogens is 212 g/mol. The molecule has 2 rings (SSSR count). The van der Waals surface area contributed by atoms with E-state index in [1.165, 1.54) is 5.56 Å². The van der Waals surface area contributed by atoms with Crippen LogP contribution in [-0.4, -0.2) is 30.1 Å². The average Bonchev–Trinajstić information content (AvgIpc) is 2.32. The van der Waals surface area contributed by atoms with E-state index in [-0.39, 0.29) is 12.1 Å². The maximum atomic E-state index is 11.6.